The van der Waals surface area contributed by atoms with Crippen LogP contribution in [0, 0.1) is 0 Å². The Morgan fingerprint density at radius 2 is 1.38 bits per heavy atom. The molecule has 4 heteroatoms. The van der Waals surface area contributed by atoms with Crippen LogP contribution in [0.5, 0.6) is 5.75 Å². The van der Waals surface area contributed by atoms with E-state index in [1.807, 2.05) is 6.07 Å². The van der Waals surface area contributed by atoms with E-state index in [1.165, 1.54) is 25.6 Å². The molecule has 0 saturated carbocycles. The van der Waals surface area contributed by atoms with Crippen LogP contribution in [0.25, 0.3) is 0 Å². The summed E-state index contributed by atoms with van der Waals surface area (Å²) >= 11 is 10.7. The van der Waals surface area contributed by atoms with Crippen molar-refractivity contribution >= 4 is 47.8 Å². The van der Waals surface area contributed by atoms with E-state index in [1.54, 1.807) is 0 Å². The van der Waals surface area contributed by atoms with Crippen LogP contribution in [-0.4, -0.2) is 0 Å². The maximum atomic E-state index is 5.27. The number of fused-ring (bicyclic) bond motifs is 3. The largest absolute Gasteiger partial charge is 0.488 e. The molecular weight excluding hydrogens is 520 g/mol. The predicted molar refractivity (Wildman–Crippen MR) is 119 cm³/mol. The van der Waals surface area contributed by atoms with Gasteiger partial charge in [-0.3, -0.25) is 0 Å². The van der Waals surface area contributed by atoms with E-state index < -0.39 is 0 Å². The molecule has 0 saturated heterocycles. The van der Waals surface area contributed by atoms with Gasteiger partial charge < -0.3 is 4.74 Å². The Kier molecular flexibility index (Phi) is 6.96. The van der Waals surface area contributed by atoms with Crippen molar-refractivity contribution in [3.63, 3.8) is 0 Å². The number of halogens is 3. The maximum absolute atomic E-state index is 5.27. The standard InChI is InChI=1S/C15H14Br2.C7H5BrO/c1-2-11(12-7-3-5-9-14(12)16)13-8-4-6-10-15(13)17;8-6-3-5-1-2-7(6)9-4-5/h3-11H,2H2,1H3;1-3H,4H2. The normalized spacial score (nSPS) is 11.7. The molecule has 2 aliphatic heterocycles. The zero-order valence-corrected chi connectivity index (χ0v) is 19.1. The molecule has 2 aliphatic rings. The molecule has 0 aromatic heterocycles. The van der Waals surface area contributed by atoms with E-state index in [-0.39, 0.29) is 0 Å². The zero-order chi connectivity index (χ0) is 18.5. The van der Waals surface area contributed by atoms with Crippen molar-refractivity contribution in [2.45, 2.75) is 25.9 Å². The van der Waals surface area contributed by atoms with Gasteiger partial charge in [0, 0.05) is 14.9 Å². The molecule has 2 bridgehead atoms. The maximum Gasteiger partial charge on any atom is 0.134 e. The van der Waals surface area contributed by atoms with Crippen molar-refractivity contribution in [2.75, 3.05) is 0 Å². The number of benzene rings is 3. The second-order valence-electron chi connectivity index (χ2n) is 6.06. The Morgan fingerprint density at radius 3 is 1.69 bits per heavy atom. The molecule has 0 unspecified atom stereocenters. The molecule has 1 nitrogen and oxygen atoms in total. The second-order valence-corrected chi connectivity index (χ2v) is 8.62. The van der Waals surface area contributed by atoms with Gasteiger partial charge in [0.05, 0.1) is 4.47 Å². The van der Waals surface area contributed by atoms with Crippen molar-refractivity contribution in [1.29, 1.82) is 0 Å². The van der Waals surface area contributed by atoms with Crippen molar-refractivity contribution < 1.29 is 4.74 Å². The Morgan fingerprint density at radius 1 is 0.808 bits per heavy atom. The lowest BCUT2D eigenvalue weighted by Crippen LogP contribution is -2.01. The third-order valence-electron chi connectivity index (χ3n) is 4.36. The quantitative estimate of drug-likeness (QED) is 0.327. The highest BCUT2D eigenvalue weighted by Gasteiger charge is 2.16. The van der Waals surface area contributed by atoms with Gasteiger partial charge in [-0.1, -0.05) is 81.2 Å². The van der Waals surface area contributed by atoms with Crippen LogP contribution in [0.2, 0.25) is 0 Å². The number of hydrogen-bond acceptors (Lipinski definition) is 1. The number of hydrogen-bond donors (Lipinski definition) is 0. The van der Waals surface area contributed by atoms with E-state index in [9.17, 15) is 0 Å². The first-order chi connectivity index (χ1) is 12.6. The van der Waals surface area contributed by atoms with Gasteiger partial charge in [-0.25, -0.2) is 0 Å². The van der Waals surface area contributed by atoms with Crippen molar-refractivity contribution in [3.05, 3.63) is 96.8 Å². The smallest absolute Gasteiger partial charge is 0.134 e. The summed E-state index contributed by atoms with van der Waals surface area (Å²) in [4.78, 5) is 0. The molecule has 0 fully saturated rings. The SMILES string of the molecule is Brc1cc2ccc1OC2.CCC(c1ccccc1Br)c1ccccc1Br. The Hall–Kier alpha value is -1.10. The average molecular weight is 539 g/mol. The molecular formula is C22H19Br3O. The summed E-state index contributed by atoms with van der Waals surface area (Å²) in [5.74, 6) is 1.38. The van der Waals surface area contributed by atoms with E-state index in [4.69, 9.17) is 4.74 Å². The third kappa shape index (κ3) is 4.59. The third-order valence-corrected chi connectivity index (χ3v) is 6.42. The summed E-state index contributed by atoms with van der Waals surface area (Å²) < 4.78 is 8.69. The van der Waals surface area contributed by atoms with E-state index in [0.717, 1.165) is 23.2 Å². The highest BCUT2D eigenvalue weighted by molar-refractivity contribution is 9.11. The first kappa shape index (κ1) is 19.7. The van der Waals surface area contributed by atoms with Gasteiger partial charge in [0.1, 0.15) is 12.4 Å². The van der Waals surface area contributed by atoms with Crippen molar-refractivity contribution in [2.24, 2.45) is 0 Å². The fourth-order valence-electron chi connectivity index (χ4n) is 3.04. The van der Waals surface area contributed by atoms with Gasteiger partial charge in [-0.15, -0.1) is 0 Å². The van der Waals surface area contributed by atoms with Gasteiger partial charge in [0.15, 0.2) is 0 Å². The monoisotopic (exact) mass is 536 g/mol. The molecule has 134 valence electrons. The molecule has 0 aliphatic carbocycles. The predicted octanol–water partition coefficient (Wildman–Crippen LogP) is 8.10. The van der Waals surface area contributed by atoms with E-state index >= 15 is 0 Å². The molecule has 5 rings (SSSR count). The van der Waals surface area contributed by atoms with E-state index in [0.29, 0.717) is 5.92 Å². The summed E-state index contributed by atoms with van der Waals surface area (Å²) in [5, 5.41) is 0. The van der Waals surface area contributed by atoms with Crippen LogP contribution in [0.1, 0.15) is 36.0 Å². The Balaban J connectivity index is 0.000000181. The van der Waals surface area contributed by atoms with Crippen LogP contribution in [0.3, 0.4) is 0 Å². The minimum absolute atomic E-state index is 0.432. The summed E-state index contributed by atoms with van der Waals surface area (Å²) in [7, 11) is 0. The molecule has 3 aromatic rings. The molecule has 3 aromatic carbocycles. The first-order valence-electron chi connectivity index (χ1n) is 8.50. The lowest BCUT2D eigenvalue weighted by molar-refractivity contribution is 0.292. The highest BCUT2D eigenvalue weighted by Crippen LogP contribution is 2.36. The van der Waals surface area contributed by atoms with Gasteiger partial charge in [-0.05, 0) is 63.3 Å². The molecule has 0 amide bonds. The molecule has 0 radical (unpaired) electrons. The van der Waals surface area contributed by atoms with E-state index in [2.05, 4.69) is 115 Å². The molecule has 0 N–H and O–H groups in total. The highest BCUT2D eigenvalue weighted by atomic mass is 79.9. The van der Waals surface area contributed by atoms with Gasteiger partial charge in [0.2, 0.25) is 0 Å². The zero-order valence-electron chi connectivity index (χ0n) is 14.4. The summed E-state index contributed by atoms with van der Waals surface area (Å²) in [6, 6.07) is 23.0. The van der Waals surface area contributed by atoms with Gasteiger partial charge >= 0.3 is 0 Å². The Bertz CT molecular complexity index is 847. The van der Waals surface area contributed by atoms with Crippen molar-refractivity contribution in [3.8, 4) is 5.75 Å². The van der Waals surface area contributed by atoms with Crippen LogP contribution in [-0.2, 0) is 6.61 Å². The molecule has 26 heavy (non-hydrogen) atoms. The molecule has 2 heterocycles. The van der Waals surface area contributed by atoms with Crippen LogP contribution in [0.15, 0.2) is 80.1 Å². The number of ether oxygens (including phenoxy) is 1. The van der Waals surface area contributed by atoms with Crippen LogP contribution < -0.4 is 4.74 Å². The fraction of sp³-hybridized carbons (Fsp3) is 0.182. The average Bonchev–Trinajstić information content (AvgIpc) is 2.66. The minimum Gasteiger partial charge on any atom is -0.488 e. The molecule has 0 spiro atoms. The van der Waals surface area contributed by atoms with Crippen LogP contribution in [0.4, 0.5) is 0 Å². The van der Waals surface area contributed by atoms with Crippen molar-refractivity contribution in [1.82, 2.24) is 0 Å². The molecule has 0 atom stereocenters. The summed E-state index contributed by atoms with van der Waals surface area (Å²) in [6.07, 6.45) is 1.09. The lowest BCUT2D eigenvalue weighted by Gasteiger charge is -2.18. The lowest BCUT2D eigenvalue weighted by atomic mass is 9.89. The van der Waals surface area contributed by atoms with Gasteiger partial charge in [-0.2, -0.15) is 0 Å². The van der Waals surface area contributed by atoms with Crippen LogP contribution >= 0.6 is 47.8 Å². The fourth-order valence-corrected chi connectivity index (χ4v) is 4.70. The Labute approximate surface area is 180 Å². The first-order valence-corrected chi connectivity index (χ1v) is 10.9. The summed E-state index contributed by atoms with van der Waals surface area (Å²) in [5.41, 5.74) is 3.93. The second kappa shape index (κ2) is 9.20. The topological polar surface area (TPSA) is 9.23 Å². The number of rotatable bonds is 3. The summed E-state index contributed by atoms with van der Waals surface area (Å²) in [6.45, 7) is 2.96. The minimum atomic E-state index is 0.432. The van der Waals surface area contributed by atoms with Gasteiger partial charge in [0.25, 0.3) is 0 Å².